The minimum absolute atomic E-state index is 0.00658. The van der Waals surface area contributed by atoms with E-state index in [9.17, 15) is 5.11 Å². The minimum Gasteiger partial charge on any atom is -0.508 e. The van der Waals surface area contributed by atoms with Crippen LogP contribution in [-0.2, 0) is 4.74 Å². The fourth-order valence-corrected chi connectivity index (χ4v) is 1.70. The molecule has 2 atom stereocenters. The first-order valence-corrected chi connectivity index (χ1v) is 5.05. The maximum Gasteiger partial charge on any atom is 0.121 e. The molecule has 1 aliphatic rings. The van der Waals surface area contributed by atoms with Gasteiger partial charge in [-0.05, 0) is 6.07 Å². The molecule has 0 aliphatic carbocycles. The molecule has 2 rings (SSSR count). The molecule has 1 heterocycles. The van der Waals surface area contributed by atoms with Crippen LogP contribution in [0.5, 0.6) is 5.75 Å². The quantitative estimate of drug-likeness (QED) is 0.660. The zero-order valence-corrected chi connectivity index (χ0v) is 8.39. The molecule has 0 spiro atoms. The van der Waals surface area contributed by atoms with Gasteiger partial charge in [0, 0.05) is 12.1 Å². The molecule has 1 aliphatic heterocycles. The molecule has 0 amide bonds. The van der Waals surface area contributed by atoms with E-state index in [1.54, 1.807) is 12.1 Å². The van der Waals surface area contributed by atoms with Crippen molar-refractivity contribution in [2.45, 2.75) is 12.1 Å². The van der Waals surface area contributed by atoms with Crippen molar-refractivity contribution >= 4 is 0 Å². The average molecular weight is 209 g/mol. The van der Waals surface area contributed by atoms with Crippen LogP contribution in [0.15, 0.2) is 24.3 Å². The number of nitrogens with one attached hydrogen (secondary N) is 1. The van der Waals surface area contributed by atoms with Gasteiger partial charge in [0.05, 0.1) is 25.4 Å². The summed E-state index contributed by atoms with van der Waals surface area (Å²) in [7, 11) is 0. The van der Waals surface area contributed by atoms with Gasteiger partial charge in [0.1, 0.15) is 5.75 Å². The first kappa shape index (κ1) is 10.4. The Morgan fingerprint density at radius 2 is 2.20 bits per heavy atom. The van der Waals surface area contributed by atoms with Gasteiger partial charge in [0.25, 0.3) is 0 Å². The molecule has 15 heavy (non-hydrogen) atoms. The van der Waals surface area contributed by atoms with Gasteiger partial charge in [-0.2, -0.15) is 0 Å². The lowest BCUT2D eigenvalue weighted by Gasteiger charge is -2.29. The van der Waals surface area contributed by atoms with Crippen LogP contribution >= 0.6 is 0 Å². The zero-order chi connectivity index (χ0) is 10.7. The normalized spacial score (nSPS) is 26.5. The highest BCUT2D eigenvalue weighted by Gasteiger charge is 2.23. The van der Waals surface area contributed by atoms with Crippen LogP contribution in [0, 0.1) is 0 Å². The van der Waals surface area contributed by atoms with Gasteiger partial charge in [-0.3, -0.25) is 0 Å². The van der Waals surface area contributed by atoms with Crippen molar-refractivity contribution in [2.24, 2.45) is 0 Å². The van der Waals surface area contributed by atoms with E-state index in [4.69, 9.17) is 9.84 Å². The monoisotopic (exact) mass is 209 g/mol. The molecule has 1 saturated heterocycles. The third-order valence-electron chi connectivity index (χ3n) is 2.59. The lowest BCUT2D eigenvalue weighted by atomic mass is 10.1. The van der Waals surface area contributed by atoms with E-state index in [1.807, 2.05) is 12.1 Å². The second kappa shape index (κ2) is 4.61. The maximum atomic E-state index is 9.63. The number of hydrogen-bond donors (Lipinski definition) is 3. The van der Waals surface area contributed by atoms with Crippen molar-refractivity contribution in [3.63, 3.8) is 0 Å². The lowest BCUT2D eigenvalue weighted by Crippen LogP contribution is -2.44. The number of aromatic hydroxyl groups is 1. The molecule has 0 saturated carbocycles. The van der Waals surface area contributed by atoms with Gasteiger partial charge >= 0.3 is 0 Å². The zero-order valence-electron chi connectivity index (χ0n) is 8.39. The van der Waals surface area contributed by atoms with E-state index in [2.05, 4.69) is 5.32 Å². The molecule has 4 nitrogen and oxygen atoms in total. The largest absolute Gasteiger partial charge is 0.508 e. The summed E-state index contributed by atoms with van der Waals surface area (Å²) in [5, 5.41) is 21.7. The van der Waals surface area contributed by atoms with Gasteiger partial charge in [0.15, 0.2) is 0 Å². The Hall–Kier alpha value is -1.10. The number of para-hydroxylation sites is 1. The smallest absolute Gasteiger partial charge is 0.121 e. The van der Waals surface area contributed by atoms with Gasteiger partial charge in [0.2, 0.25) is 0 Å². The predicted octanol–water partition coefficient (Wildman–Crippen LogP) is 0.414. The Labute approximate surface area is 88.5 Å². The van der Waals surface area contributed by atoms with Crippen molar-refractivity contribution in [1.29, 1.82) is 0 Å². The van der Waals surface area contributed by atoms with Crippen LogP contribution in [0.2, 0.25) is 0 Å². The molecule has 3 N–H and O–H groups in total. The molecule has 0 aromatic heterocycles. The molecule has 0 radical (unpaired) electrons. The molecule has 1 aromatic rings. The number of hydrogen-bond acceptors (Lipinski definition) is 4. The third-order valence-corrected chi connectivity index (χ3v) is 2.59. The van der Waals surface area contributed by atoms with Crippen molar-refractivity contribution in [1.82, 2.24) is 5.32 Å². The molecule has 1 fully saturated rings. The van der Waals surface area contributed by atoms with Crippen molar-refractivity contribution in [2.75, 3.05) is 19.8 Å². The Kier molecular flexibility index (Phi) is 3.20. The van der Waals surface area contributed by atoms with Crippen LogP contribution in [0.4, 0.5) is 0 Å². The SMILES string of the molecule is OCC1COC(c2ccccc2O)CN1. The second-order valence-electron chi connectivity index (χ2n) is 3.67. The number of rotatable bonds is 2. The fraction of sp³-hybridized carbons (Fsp3) is 0.455. The van der Waals surface area contributed by atoms with Gasteiger partial charge in [-0.15, -0.1) is 0 Å². The summed E-state index contributed by atoms with van der Waals surface area (Å²) in [6.07, 6.45) is -0.131. The Morgan fingerprint density at radius 3 is 2.80 bits per heavy atom. The summed E-state index contributed by atoms with van der Waals surface area (Å²) in [6.45, 7) is 1.16. The Balaban J connectivity index is 2.04. The highest BCUT2D eigenvalue weighted by atomic mass is 16.5. The predicted molar refractivity (Wildman–Crippen MR) is 55.7 cm³/mol. The van der Waals surface area contributed by atoms with Crippen LogP contribution in [0.25, 0.3) is 0 Å². The molecular weight excluding hydrogens is 194 g/mol. The van der Waals surface area contributed by atoms with Crippen LogP contribution < -0.4 is 5.32 Å². The highest BCUT2D eigenvalue weighted by molar-refractivity contribution is 5.34. The third kappa shape index (κ3) is 2.28. The molecule has 4 heteroatoms. The van der Waals surface area contributed by atoms with Gasteiger partial charge < -0.3 is 20.3 Å². The minimum atomic E-state index is -0.131. The molecule has 2 unspecified atom stereocenters. The average Bonchev–Trinajstić information content (AvgIpc) is 2.30. The summed E-state index contributed by atoms with van der Waals surface area (Å²) in [4.78, 5) is 0. The second-order valence-corrected chi connectivity index (χ2v) is 3.67. The van der Waals surface area contributed by atoms with Crippen molar-refractivity contribution < 1.29 is 14.9 Å². The molecule has 1 aromatic carbocycles. The standard InChI is InChI=1S/C11H15NO3/c13-6-8-7-15-11(5-12-8)9-3-1-2-4-10(9)14/h1-4,8,11-14H,5-7H2. The number of aliphatic hydroxyl groups is 1. The van der Waals surface area contributed by atoms with E-state index in [0.29, 0.717) is 13.2 Å². The number of ether oxygens (including phenoxy) is 1. The number of phenolic OH excluding ortho intramolecular Hbond substituents is 1. The van der Waals surface area contributed by atoms with Gasteiger partial charge in [-0.1, -0.05) is 18.2 Å². The topological polar surface area (TPSA) is 61.7 Å². The van der Waals surface area contributed by atoms with Crippen LogP contribution in [-0.4, -0.2) is 36.0 Å². The van der Waals surface area contributed by atoms with Crippen LogP contribution in [0.3, 0.4) is 0 Å². The van der Waals surface area contributed by atoms with Crippen molar-refractivity contribution in [3.8, 4) is 5.75 Å². The van der Waals surface area contributed by atoms with E-state index < -0.39 is 0 Å². The van der Waals surface area contributed by atoms with Gasteiger partial charge in [-0.25, -0.2) is 0 Å². The summed E-state index contributed by atoms with van der Waals surface area (Å²) in [5.41, 5.74) is 0.793. The first-order chi connectivity index (χ1) is 7.31. The maximum absolute atomic E-state index is 9.63. The summed E-state index contributed by atoms with van der Waals surface area (Å²) in [6, 6.07) is 7.16. The molecule has 82 valence electrons. The molecule has 0 bridgehead atoms. The van der Waals surface area contributed by atoms with E-state index in [0.717, 1.165) is 5.56 Å². The Morgan fingerprint density at radius 1 is 1.40 bits per heavy atom. The number of phenols is 1. The van der Waals surface area contributed by atoms with E-state index in [1.165, 1.54) is 0 Å². The summed E-state index contributed by atoms with van der Waals surface area (Å²) >= 11 is 0. The fourth-order valence-electron chi connectivity index (χ4n) is 1.70. The molecular formula is C11H15NO3. The van der Waals surface area contributed by atoms with E-state index in [-0.39, 0.29) is 24.5 Å². The first-order valence-electron chi connectivity index (χ1n) is 5.05. The number of aliphatic hydroxyl groups excluding tert-OH is 1. The number of morpholine rings is 1. The Bertz CT molecular complexity index is 321. The lowest BCUT2D eigenvalue weighted by molar-refractivity contribution is -0.0105. The summed E-state index contributed by atoms with van der Waals surface area (Å²) < 4.78 is 5.57. The highest BCUT2D eigenvalue weighted by Crippen LogP contribution is 2.27. The van der Waals surface area contributed by atoms with E-state index >= 15 is 0 Å². The van der Waals surface area contributed by atoms with Crippen LogP contribution in [0.1, 0.15) is 11.7 Å². The van der Waals surface area contributed by atoms with Crippen molar-refractivity contribution in [3.05, 3.63) is 29.8 Å². The number of benzene rings is 1. The summed E-state index contributed by atoms with van der Waals surface area (Å²) in [5.74, 6) is 0.256.